The van der Waals surface area contributed by atoms with Gasteiger partial charge in [0.15, 0.2) is 5.13 Å². The van der Waals surface area contributed by atoms with Crippen LogP contribution < -0.4 is 16.0 Å². The Balaban J connectivity index is 0.680. The highest BCUT2D eigenvalue weighted by atomic mass is 32.1. The number of aryl methyl sites for hydroxylation is 1. The molecular weight excluding hydrogens is 908 g/mol. The zero-order valence-electron chi connectivity index (χ0n) is 37.2. The lowest BCUT2D eigenvalue weighted by Crippen LogP contribution is -2.54. The summed E-state index contributed by atoms with van der Waals surface area (Å²) >= 11 is 1.20. The van der Waals surface area contributed by atoms with Gasteiger partial charge in [0.2, 0.25) is 11.8 Å². The number of hydrogen-bond acceptors (Lipinski definition) is 16. The van der Waals surface area contributed by atoms with Crippen LogP contribution in [0.5, 0.6) is 5.75 Å². The van der Waals surface area contributed by atoms with Crippen molar-refractivity contribution in [3.8, 4) is 5.75 Å². The average molecular weight is 961 g/mol. The zero-order valence-corrected chi connectivity index (χ0v) is 38.0. The van der Waals surface area contributed by atoms with Gasteiger partial charge < -0.3 is 43.7 Å². The van der Waals surface area contributed by atoms with Crippen molar-refractivity contribution in [3.05, 3.63) is 105 Å². The molecule has 2 atom stereocenters. The normalized spacial score (nSPS) is 16.0. The number of piperidine rings is 1. The van der Waals surface area contributed by atoms with Crippen molar-refractivity contribution in [1.82, 2.24) is 20.1 Å². The first-order chi connectivity index (χ1) is 33.1. The Morgan fingerprint density at radius 2 is 1.47 bits per heavy atom. The van der Waals surface area contributed by atoms with Crippen molar-refractivity contribution in [3.63, 3.8) is 0 Å². The van der Waals surface area contributed by atoms with Gasteiger partial charge in [-0.2, -0.15) is 0 Å². The molecule has 4 heterocycles. The van der Waals surface area contributed by atoms with Crippen LogP contribution in [0, 0.1) is 5.82 Å². The van der Waals surface area contributed by atoms with Gasteiger partial charge in [-0.05, 0) is 60.7 Å². The van der Waals surface area contributed by atoms with E-state index >= 15 is 0 Å². The molecule has 3 aliphatic heterocycles. The molecule has 3 aliphatic rings. The molecule has 4 aromatic rings. The molecule has 0 aliphatic carbocycles. The summed E-state index contributed by atoms with van der Waals surface area (Å²) in [5, 5.41) is 20.7. The number of imide groups is 2. The SMILES string of the molecule is O=C1CCC(N2C(=O)c3cccc(NCCOCCOCCOCCOCCOCCOCCCc4cccc5c4C(=O)N(C(C(=O)Nc4nccs4)c4cc(F)ccc4O)C5)c3C2=O)C(=O)N1. The molecule has 4 N–H and O–H groups in total. The Hall–Kier alpha value is -6.20. The number of aromatic nitrogens is 1. The molecule has 0 radical (unpaired) electrons. The smallest absolute Gasteiger partial charge is 0.264 e. The maximum Gasteiger partial charge on any atom is 0.264 e. The fraction of sp³-hybridized carbons (Fsp3) is 0.426. The average Bonchev–Trinajstić information content (AvgIpc) is 4.03. The Labute approximate surface area is 395 Å². The Kier molecular flexibility index (Phi) is 18.1. The maximum absolute atomic E-state index is 14.4. The number of carbonyl (C=O) groups is 6. The van der Waals surface area contributed by atoms with Crippen LogP contribution in [-0.2, 0) is 55.8 Å². The Bertz CT molecular complexity index is 2420. The summed E-state index contributed by atoms with van der Waals surface area (Å²) in [5.41, 5.74) is 2.85. The number of amides is 6. The zero-order chi connectivity index (χ0) is 47.8. The fourth-order valence-electron chi connectivity index (χ4n) is 8.02. The van der Waals surface area contributed by atoms with Gasteiger partial charge in [0.25, 0.3) is 23.6 Å². The predicted octanol–water partition coefficient (Wildman–Crippen LogP) is 3.87. The number of carbonyl (C=O) groups excluding carboxylic acids is 6. The third-order valence-electron chi connectivity index (χ3n) is 11.2. The number of benzene rings is 3. The number of phenols is 1. The molecule has 1 aromatic heterocycles. The summed E-state index contributed by atoms with van der Waals surface area (Å²) in [6.07, 6.45) is 2.84. The van der Waals surface area contributed by atoms with Crippen molar-refractivity contribution >= 4 is 57.6 Å². The number of anilines is 2. The van der Waals surface area contributed by atoms with Gasteiger partial charge in [0, 0.05) is 54.5 Å². The molecule has 6 amide bonds. The Morgan fingerprint density at radius 3 is 2.13 bits per heavy atom. The first-order valence-corrected chi connectivity index (χ1v) is 23.2. The van der Waals surface area contributed by atoms with E-state index in [9.17, 15) is 38.3 Å². The van der Waals surface area contributed by atoms with E-state index in [-0.39, 0.29) is 41.8 Å². The summed E-state index contributed by atoms with van der Waals surface area (Å²) in [4.78, 5) is 84.0. The molecule has 19 nitrogen and oxygen atoms in total. The van der Waals surface area contributed by atoms with Gasteiger partial charge in [0.05, 0.1) is 83.8 Å². The molecule has 7 rings (SSSR count). The highest BCUT2D eigenvalue weighted by Gasteiger charge is 2.46. The van der Waals surface area contributed by atoms with Gasteiger partial charge in [-0.15, -0.1) is 11.3 Å². The molecular formula is C47H53FN6O13S. The van der Waals surface area contributed by atoms with Gasteiger partial charge in [0.1, 0.15) is 23.7 Å². The second-order valence-electron chi connectivity index (χ2n) is 15.7. The number of halogens is 1. The van der Waals surface area contributed by atoms with E-state index < -0.39 is 53.3 Å². The third kappa shape index (κ3) is 12.7. The standard InChI is InChI=1S/C47H53FN6O13S/c48-32-9-11-37(55)34(28-32)41(43(58)52-47-50-14-27-68-47)53-29-31-5-1-4-30(39(31)45(53)60)6-3-15-62-17-19-64-21-23-66-25-26-67-24-22-65-20-18-63-16-13-49-35-8-2-7-33-40(35)46(61)54(44(33)59)36-10-12-38(56)51-42(36)57/h1-2,4-5,7-9,11,14,27-28,36,41,49,55H,3,6,10,12-13,15-26,29H2,(H,50,52,58)(H,51,56,57). The number of ether oxygens (including phenoxy) is 6. The van der Waals surface area contributed by atoms with E-state index in [1.165, 1.54) is 22.4 Å². The lowest BCUT2D eigenvalue weighted by molar-refractivity contribution is -0.136. The lowest BCUT2D eigenvalue weighted by atomic mass is 9.99. The van der Waals surface area contributed by atoms with E-state index in [0.29, 0.717) is 115 Å². The lowest BCUT2D eigenvalue weighted by Gasteiger charge is -2.27. The quantitative estimate of drug-likeness (QED) is 0.0468. The highest BCUT2D eigenvalue weighted by Crippen LogP contribution is 2.38. The summed E-state index contributed by atoms with van der Waals surface area (Å²) in [6.45, 7) is 5.02. The molecule has 3 aromatic carbocycles. The van der Waals surface area contributed by atoms with Gasteiger partial charge in [-0.25, -0.2) is 9.37 Å². The van der Waals surface area contributed by atoms with E-state index in [0.717, 1.165) is 34.2 Å². The van der Waals surface area contributed by atoms with Crippen LogP contribution in [0.2, 0.25) is 0 Å². The number of rotatable bonds is 28. The van der Waals surface area contributed by atoms with E-state index in [1.807, 2.05) is 18.2 Å². The highest BCUT2D eigenvalue weighted by molar-refractivity contribution is 7.13. The van der Waals surface area contributed by atoms with Crippen molar-refractivity contribution in [2.75, 3.05) is 96.5 Å². The van der Waals surface area contributed by atoms with Gasteiger partial charge in [-0.1, -0.05) is 24.3 Å². The van der Waals surface area contributed by atoms with E-state index in [4.69, 9.17) is 28.4 Å². The number of phenolic OH excluding ortho intramolecular Hbond substituents is 1. The number of fused-ring (bicyclic) bond motifs is 2. The number of hydrogen-bond donors (Lipinski definition) is 4. The molecule has 1 fully saturated rings. The van der Waals surface area contributed by atoms with Gasteiger partial charge in [-0.3, -0.25) is 44.3 Å². The van der Waals surface area contributed by atoms with Crippen LogP contribution in [0.1, 0.15) is 73.1 Å². The molecule has 68 heavy (non-hydrogen) atoms. The minimum Gasteiger partial charge on any atom is -0.508 e. The molecule has 0 spiro atoms. The summed E-state index contributed by atoms with van der Waals surface area (Å²) in [5.74, 6) is -4.20. The number of thiazole rings is 1. The van der Waals surface area contributed by atoms with E-state index in [2.05, 4.69) is 20.9 Å². The Morgan fingerprint density at radius 1 is 0.809 bits per heavy atom. The molecule has 1 saturated heterocycles. The van der Waals surface area contributed by atoms with Gasteiger partial charge >= 0.3 is 0 Å². The maximum atomic E-state index is 14.4. The molecule has 21 heteroatoms. The number of nitrogens with zero attached hydrogens (tertiary/aromatic N) is 3. The minimum absolute atomic E-state index is 0.0259. The van der Waals surface area contributed by atoms with Crippen LogP contribution in [0.3, 0.4) is 0 Å². The third-order valence-corrected chi connectivity index (χ3v) is 11.9. The van der Waals surface area contributed by atoms with Crippen LogP contribution in [0.4, 0.5) is 15.2 Å². The second-order valence-corrected chi connectivity index (χ2v) is 16.6. The first-order valence-electron chi connectivity index (χ1n) is 22.3. The van der Waals surface area contributed by atoms with Crippen LogP contribution >= 0.6 is 11.3 Å². The van der Waals surface area contributed by atoms with Crippen molar-refractivity contribution in [2.24, 2.45) is 0 Å². The summed E-state index contributed by atoms with van der Waals surface area (Å²) in [7, 11) is 0. The number of nitrogens with one attached hydrogen (secondary N) is 3. The summed E-state index contributed by atoms with van der Waals surface area (Å²) < 4.78 is 47.9. The van der Waals surface area contributed by atoms with E-state index in [1.54, 1.807) is 23.6 Å². The largest absolute Gasteiger partial charge is 0.508 e. The second kappa shape index (κ2) is 24.7. The number of aromatic hydroxyl groups is 1. The molecule has 362 valence electrons. The monoisotopic (exact) mass is 960 g/mol. The van der Waals surface area contributed by atoms with Crippen molar-refractivity contribution in [1.29, 1.82) is 0 Å². The topological polar surface area (TPSA) is 233 Å². The molecule has 0 bridgehead atoms. The minimum atomic E-state index is -1.31. The van der Waals surface area contributed by atoms with Crippen LogP contribution in [0.25, 0.3) is 0 Å². The summed E-state index contributed by atoms with van der Waals surface area (Å²) in [6, 6.07) is 11.4. The predicted molar refractivity (Wildman–Crippen MR) is 243 cm³/mol. The van der Waals surface area contributed by atoms with Crippen molar-refractivity contribution < 1.29 is 66.7 Å². The van der Waals surface area contributed by atoms with Crippen LogP contribution in [-0.4, -0.2) is 147 Å². The van der Waals surface area contributed by atoms with Crippen molar-refractivity contribution in [2.45, 2.75) is 44.3 Å². The molecule has 2 unspecified atom stereocenters. The first kappa shape index (κ1) is 49.7. The molecule has 0 saturated carbocycles. The van der Waals surface area contributed by atoms with Crippen LogP contribution in [0.15, 0.2) is 66.2 Å². The fourth-order valence-corrected chi connectivity index (χ4v) is 8.55.